The molecule has 0 bridgehead atoms. The lowest BCUT2D eigenvalue weighted by Crippen LogP contribution is -2.36. The van der Waals surface area contributed by atoms with Crippen LogP contribution in [0.1, 0.15) is 5.56 Å². The molecule has 1 aliphatic heterocycles. The Morgan fingerprint density at radius 3 is 2.65 bits per heavy atom. The maximum atomic E-state index is 13.7. The second kappa shape index (κ2) is 9.02. The number of anilines is 1. The molecule has 0 saturated carbocycles. The predicted molar refractivity (Wildman–Crippen MR) is 110 cm³/mol. The number of nitrogens with zero attached hydrogens (tertiary/aromatic N) is 1. The van der Waals surface area contributed by atoms with Crippen LogP contribution in [0.5, 0.6) is 11.5 Å². The first-order chi connectivity index (χ1) is 14.6. The van der Waals surface area contributed by atoms with Gasteiger partial charge in [-0.2, -0.15) is 0 Å². The van der Waals surface area contributed by atoms with E-state index in [1.807, 2.05) is 5.32 Å². The molecule has 0 aliphatic carbocycles. The number of nitrogens with one attached hydrogen (secondary N) is 1. The summed E-state index contributed by atoms with van der Waals surface area (Å²) >= 11 is 3.72. The summed E-state index contributed by atoms with van der Waals surface area (Å²) in [5.41, 5.74) is -0.201. The number of methoxy groups -OCH3 is 1. The second-order valence-electron chi connectivity index (χ2n) is 6.09. The van der Waals surface area contributed by atoms with Crippen molar-refractivity contribution in [2.75, 3.05) is 19.0 Å². The molecule has 1 heterocycles. The molecule has 31 heavy (non-hydrogen) atoms. The number of aromatic hydroxyl groups is 1. The second-order valence-corrected chi connectivity index (χ2v) is 7.94. The molecule has 162 valence electrons. The first-order valence-corrected chi connectivity index (χ1v) is 9.98. The summed E-state index contributed by atoms with van der Waals surface area (Å²) < 4.78 is 45.3. The number of imide groups is 1. The van der Waals surface area contributed by atoms with Crippen molar-refractivity contribution in [3.05, 3.63) is 56.7 Å². The Labute approximate surface area is 186 Å². The minimum atomic E-state index is -1.76. The van der Waals surface area contributed by atoms with Gasteiger partial charge in [0.15, 0.2) is 29.0 Å². The molecule has 1 saturated heterocycles. The van der Waals surface area contributed by atoms with Crippen LogP contribution < -0.4 is 10.1 Å². The van der Waals surface area contributed by atoms with E-state index in [4.69, 9.17) is 4.74 Å². The summed E-state index contributed by atoms with van der Waals surface area (Å²) in [5.74, 6) is -6.57. The number of ether oxygens (including phenoxy) is 1. The molecule has 2 aromatic carbocycles. The number of hydrogen-bond acceptors (Lipinski definition) is 6. The fourth-order valence-electron chi connectivity index (χ4n) is 2.58. The van der Waals surface area contributed by atoms with E-state index in [2.05, 4.69) is 15.9 Å². The molecule has 2 aromatic rings. The lowest BCUT2D eigenvalue weighted by Gasteiger charge is -2.13. The Morgan fingerprint density at radius 1 is 1.26 bits per heavy atom. The fraction of sp³-hybridized carbons (Fsp3) is 0.105. The third kappa shape index (κ3) is 4.69. The maximum absolute atomic E-state index is 13.7. The van der Waals surface area contributed by atoms with E-state index in [1.54, 1.807) is 0 Å². The van der Waals surface area contributed by atoms with E-state index in [1.165, 1.54) is 25.3 Å². The number of carbonyl (C=O) groups excluding carboxylic acids is 3. The van der Waals surface area contributed by atoms with Gasteiger partial charge >= 0.3 is 0 Å². The Morgan fingerprint density at radius 2 is 1.97 bits per heavy atom. The SMILES string of the molecule is COc1cc(/C=C2/SC(=O)N(CC(=O)Nc3ccc(F)c(F)c3F)C2=O)cc(Br)c1O. The average molecular weight is 517 g/mol. The van der Waals surface area contributed by atoms with Crippen molar-refractivity contribution < 1.29 is 37.4 Å². The zero-order valence-corrected chi connectivity index (χ0v) is 17.9. The lowest BCUT2D eigenvalue weighted by molar-refractivity contribution is -0.127. The van der Waals surface area contributed by atoms with Gasteiger partial charge in [0.25, 0.3) is 11.1 Å². The largest absolute Gasteiger partial charge is 0.503 e. The van der Waals surface area contributed by atoms with Gasteiger partial charge in [-0.1, -0.05) is 0 Å². The van der Waals surface area contributed by atoms with Crippen molar-refractivity contribution in [1.29, 1.82) is 0 Å². The number of benzene rings is 2. The zero-order chi connectivity index (χ0) is 22.9. The van der Waals surface area contributed by atoms with E-state index in [0.29, 0.717) is 32.8 Å². The zero-order valence-electron chi connectivity index (χ0n) is 15.5. The normalized spacial score (nSPS) is 15.0. The first-order valence-electron chi connectivity index (χ1n) is 8.37. The highest BCUT2D eigenvalue weighted by molar-refractivity contribution is 9.10. The first kappa shape index (κ1) is 22.7. The molecule has 2 N–H and O–H groups in total. The topological polar surface area (TPSA) is 95.9 Å². The van der Waals surface area contributed by atoms with Gasteiger partial charge in [0, 0.05) is 0 Å². The minimum absolute atomic E-state index is 0.00329. The molecule has 0 radical (unpaired) electrons. The number of thioether (sulfide) groups is 1. The summed E-state index contributed by atoms with van der Waals surface area (Å²) in [4.78, 5) is 37.5. The Bertz CT molecular complexity index is 1140. The van der Waals surface area contributed by atoms with Gasteiger partial charge in [-0.15, -0.1) is 0 Å². The quantitative estimate of drug-likeness (QED) is 0.455. The van der Waals surface area contributed by atoms with Crippen LogP contribution in [0.3, 0.4) is 0 Å². The lowest BCUT2D eigenvalue weighted by atomic mass is 10.2. The molecule has 7 nitrogen and oxygen atoms in total. The van der Waals surface area contributed by atoms with Crippen LogP contribution in [0, 0.1) is 17.5 Å². The molecule has 12 heteroatoms. The van der Waals surface area contributed by atoms with E-state index in [-0.39, 0.29) is 16.4 Å². The number of halogens is 4. The van der Waals surface area contributed by atoms with Crippen molar-refractivity contribution in [1.82, 2.24) is 4.90 Å². The van der Waals surface area contributed by atoms with Crippen LogP contribution in [-0.4, -0.2) is 40.7 Å². The summed E-state index contributed by atoms with van der Waals surface area (Å²) in [6.07, 6.45) is 1.37. The Hall–Kier alpha value is -2.99. The molecular weight excluding hydrogens is 505 g/mol. The third-order valence-electron chi connectivity index (χ3n) is 4.05. The van der Waals surface area contributed by atoms with Gasteiger partial charge in [0.2, 0.25) is 5.91 Å². The van der Waals surface area contributed by atoms with Gasteiger partial charge in [-0.3, -0.25) is 19.3 Å². The molecule has 0 atom stereocenters. The third-order valence-corrected chi connectivity index (χ3v) is 5.56. The highest BCUT2D eigenvalue weighted by Crippen LogP contribution is 2.38. The van der Waals surface area contributed by atoms with Crippen molar-refractivity contribution in [2.24, 2.45) is 0 Å². The summed E-state index contributed by atoms with van der Waals surface area (Å²) in [6.45, 7) is -0.761. The van der Waals surface area contributed by atoms with Gasteiger partial charge in [-0.05, 0) is 63.6 Å². The Balaban J connectivity index is 1.76. The highest BCUT2D eigenvalue weighted by atomic mass is 79.9. The predicted octanol–water partition coefficient (Wildman–Crippen LogP) is 4.26. The fourth-order valence-corrected chi connectivity index (χ4v) is 3.87. The van der Waals surface area contributed by atoms with Crippen LogP contribution in [0.4, 0.5) is 23.7 Å². The molecule has 3 amide bonds. The van der Waals surface area contributed by atoms with Gasteiger partial charge in [-0.25, -0.2) is 13.2 Å². The van der Waals surface area contributed by atoms with Gasteiger partial charge in [0.05, 0.1) is 22.2 Å². The number of phenolic OH excluding ortho intramolecular Hbond substituents is 1. The van der Waals surface area contributed by atoms with Crippen LogP contribution in [0.25, 0.3) is 6.08 Å². The number of phenols is 1. The molecular formula is C19H12BrF3N2O5S. The van der Waals surface area contributed by atoms with Crippen molar-refractivity contribution in [3.63, 3.8) is 0 Å². The molecule has 1 fully saturated rings. The number of hydrogen-bond donors (Lipinski definition) is 2. The molecule has 0 spiro atoms. The standard InChI is InChI=1S/C19H12BrF3N2O5S/c1-30-12-5-8(4-9(20)17(12)27)6-13-18(28)25(19(29)31-13)7-14(26)24-11-3-2-10(21)15(22)16(11)23/h2-6,27H,7H2,1H3,(H,24,26)/b13-6+. The van der Waals surface area contributed by atoms with Crippen LogP contribution >= 0.6 is 27.7 Å². The molecule has 1 aliphatic rings. The van der Waals surface area contributed by atoms with Gasteiger partial charge in [0.1, 0.15) is 6.54 Å². The van der Waals surface area contributed by atoms with E-state index < -0.39 is 46.7 Å². The summed E-state index contributed by atoms with van der Waals surface area (Å²) in [7, 11) is 1.34. The maximum Gasteiger partial charge on any atom is 0.294 e. The van der Waals surface area contributed by atoms with Crippen LogP contribution in [-0.2, 0) is 9.59 Å². The van der Waals surface area contributed by atoms with E-state index >= 15 is 0 Å². The Kier molecular flexibility index (Phi) is 6.60. The van der Waals surface area contributed by atoms with Crippen LogP contribution in [0.2, 0.25) is 0 Å². The number of carbonyl (C=O) groups is 3. The molecule has 3 rings (SSSR count). The highest BCUT2D eigenvalue weighted by Gasteiger charge is 2.36. The monoisotopic (exact) mass is 516 g/mol. The minimum Gasteiger partial charge on any atom is -0.503 e. The van der Waals surface area contributed by atoms with E-state index in [9.17, 15) is 32.7 Å². The van der Waals surface area contributed by atoms with Crippen LogP contribution in [0.15, 0.2) is 33.6 Å². The average Bonchev–Trinajstić information content (AvgIpc) is 2.98. The smallest absolute Gasteiger partial charge is 0.294 e. The van der Waals surface area contributed by atoms with E-state index in [0.717, 1.165) is 6.07 Å². The summed E-state index contributed by atoms with van der Waals surface area (Å²) in [5, 5.41) is 11.1. The van der Waals surface area contributed by atoms with Gasteiger partial charge < -0.3 is 15.2 Å². The molecule has 0 unspecified atom stereocenters. The molecule has 0 aromatic heterocycles. The van der Waals surface area contributed by atoms with Crippen molar-refractivity contribution >= 4 is 56.5 Å². The van der Waals surface area contributed by atoms with Crippen molar-refractivity contribution in [2.45, 2.75) is 0 Å². The van der Waals surface area contributed by atoms with Crippen molar-refractivity contribution in [3.8, 4) is 11.5 Å². The summed E-state index contributed by atoms with van der Waals surface area (Å²) in [6, 6.07) is 4.37. The number of amides is 3. The number of rotatable bonds is 5.